The fraction of sp³-hybridized carbons (Fsp3) is 0.476. The number of aromatic nitrogens is 1. The maximum atomic E-state index is 11.9. The van der Waals surface area contributed by atoms with Gasteiger partial charge in [0.05, 0.1) is 24.8 Å². The molecule has 2 aromatic rings. The Morgan fingerprint density at radius 3 is 2.78 bits per heavy atom. The maximum absolute atomic E-state index is 11.9. The smallest absolute Gasteiger partial charge is 0.309 e. The molecule has 0 radical (unpaired) electrons. The number of nitrogens with one attached hydrogen (secondary N) is 1. The number of carbonyl (C=O) groups is 1. The van der Waals surface area contributed by atoms with E-state index in [1.165, 1.54) is 5.39 Å². The van der Waals surface area contributed by atoms with E-state index in [2.05, 4.69) is 34.3 Å². The molecule has 2 heterocycles. The van der Waals surface area contributed by atoms with E-state index in [0.29, 0.717) is 13.2 Å². The molecule has 1 aliphatic rings. The first-order valence-electron chi connectivity index (χ1n) is 9.75. The zero-order valence-corrected chi connectivity index (χ0v) is 16.1. The van der Waals surface area contributed by atoms with Crippen molar-refractivity contribution in [2.24, 2.45) is 10.9 Å². The Balaban J connectivity index is 1.69. The van der Waals surface area contributed by atoms with E-state index in [1.807, 2.05) is 31.3 Å². The Kier molecular flexibility index (Phi) is 6.63. The largest absolute Gasteiger partial charge is 0.466 e. The number of pyridine rings is 1. The summed E-state index contributed by atoms with van der Waals surface area (Å²) in [5.74, 6) is 0.817. The lowest BCUT2D eigenvalue weighted by Crippen LogP contribution is -2.46. The van der Waals surface area contributed by atoms with E-state index in [9.17, 15) is 4.79 Å². The average molecular weight is 368 g/mol. The number of hydrogen-bond donors (Lipinski definition) is 1. The van der Waals surface area contributed by atoms with Crippen LogP contribution >= 0.6 is 0 Å². The van der Waals surface area contributed by atoms with Crippen molar-refractivity contribution >= 4 is 22.7 Å². The second-order valence-corrected chi connectivity index (χ2v) is 6.66. The number of nitrogens with zero attached hydrogens (tertiary/aromatic N) is 3. The number of piperidine rings is 1. The van der Waals surface area contributed by atoms with Crippen molar-refractivity contribution in [3.63, 3.8) is 0 Å². The van der Waals surface area contributed by atoms with Crippen LogP contribution in [-0.4, -0.2) is 48.1 Å². The van der Waals surface area contributed by atoms with Gasteiger partial charge in [-0.25, -0.2) is 4.99 Å². The van der Waals surface area contributed by atoms with Crippen LogP contribution in [-0.2, 0) is 16.1 Å². The highest BCUT2D eigenvalue weighted by atomic mass is 16.5. The zero-order valence-electron chi connectivity index (χ0n) is 16.1. The number of benzene rings is 1. The summed E-state index contributed by atoms with van der Waals surface area (Å²) in [5.41, 5.74) is 0.977. The van der Waals surface area contributed by atoms with Gasteiger partial charge in [-0.05, 0) is 38.1 Å². The molecule has 0 aliphatic carbocycles. The lowest BCUT2D eigenvalue weighted by molar-refractivity contribution is -0.149. The standard InChI is InChI=1S/C21H28N4O2/c1-3-22-21(25-13-10-17(11-14-25)20(26)27-4-2)24-15-19-18-8-6-5-7-16(18)9-12-23-19/h5-9,12,17H,3-4,10-11,13-15H2,1-2H3,(H,22,24). The Morgan fingerprint density at radius 1 is 1.26 bits per heavy atom. The molecular weight excluding hydrogens is 340 g/mol. The summed E-state index contributed by atoms with van der Waals surface area (Å²) in [7, 11) is 0. The minimum Gasteiger partial charge on any atom is -0.466 e. The van der Waals surface area contributed by atoms with E-state index >= 15 is 0 Å². The Hall–Kier alpha value is -2.63. The molecule has 1 fully saturated rings. The molecule has 1 aliphatic heterocycles. The van der Waals surface area contributed by atoms with Crippen LogP contribution in [0.25, 0.3) is 10.8 Å². The fourth-order valence-corrected chi connectivity index (χ4v) is 3.47. The van der Waals surface area contributed by atoms with Crippen LogP contribution in [0.4, 0.5) is 0 Å². The van der Waals surface area contributed by atoms with Crippen molar-refractivity contribution in [1.82, 2.24) is 15.2 Å². The number of ether oxygens (including phenoxy) is 1. The van der Waals surface area contributed by atoms with Gasteiger partial charge < -0.3 is 15.0 Å². The fourth-order valence-electron chi connectivity index (χ4n) is 3.47. The third-order valence-corrected chi connectivity index (χ3v) is 4.88. The van der Waals surface area contributed by atoms with Gasteiger partial charge in [-0.3, -0.25) is 9.78 Å². The molecule has 1 aromatic heterocycles. The first-order valence-corrected chi connectivity index (χ1v) is 9.75. The highest BCUT2D eigenvalue weighted by molar-refractivity contribution is 5.85. The summed E-state index contributed by atoms with van der Waals surface area (Å²) in [6, 6.07) is 10.3. The van der Waals surface area contributed by atoms with Gasteiger partial charge in [0.25, 0.3) is 0 Å². The topological polar surface area (TPSA) is 66.8 Å². The molecule has 6 heteroatoms. The van der Waals surface area contributed by atoms with Gasteiger partial charge in [-0.1, -0.05) is 24.3 Å². The monoisotopic (exact) mass is 368 g/mol. The van der Waals surface area contributed by atoms with Gasteiger partial charge in [0.15, 0.2) is 5.96 Å². The number of aliphatic imine (C=N–C) groups is 1. The van der Waals surface area contributed by atoms with Crippen LogP contribution in [0.15, 0.2) is 41.5 Å². The van der Waals surface area contributed by atoms with Gasteiger partial charge >= 0.3 is 5.97 Å². The lowest BCUT2D eigenvalue weighted by Gasteiger charge is -2.33. The number of guanidine groups is 1. The number of esters is 1. The molecule has 6 nitrogen and oxygen atoms in total. The van der Waals surface area contributed by atoms with E-state index in [1.54, 1.807) is 0 Å². The van der Waals surface area contributed by atoms with Gasteiger partial charge in [0.1, 0.15) is 0 Å². The summed E-state index contributed by atoms with van der Waals surface area (Å²) >= 11 is 0. The number of rotatable bonds is 5. The van der Waals surface area contributed by atoms with E-state index in [4.69, 9.17) is 9.73 Å². The third kappa shape index (κ3) is 4.76. The third-order valence-electron chi connectivity index (χ3n) is 4.88. The second-order valence-electron chi connectivity index (χ2n) is 6.66. The Bertz CT molecular complexity index is 792. The highest BCUT2D eigenvalue weighted by Crippen LogP contribution is 2.20. The summed E-state index contributed by atoms with van der Waals surface area (Å²) in [4.78, 5) is 23.5. The van der Waals surface area contributed by atoms with Gasteiger partial charge in [0.2, 0.25) is 0 Å². The van der Waals surface area contributed by atoms with Gasteiger partial charge in [-0.15, -0.1) is 0 Å². The number of carbonyl (C=O) groups excluding carboxylic acids is 1. The van der Waals surface area contributed by atoms with Crippen molar-refractivity contribution in [1.29, 1.82) is 0 Å². The van der Waals surface area contributed by atoms with Gasteiger partial charge in [-0.2, -0.15) is 0 Å². The molecule has 1 N–H and O–H groups in total. The predicted octanol–water partition coefficient (Wildman–Crippen LogP) is 2.98. The average Bonchev–Trinajstić information content (AvgIpc) is 2.71. The van der Waals surface area contributed by atoms with Crippen LogP contribution in [0, 0.1) is 5.92 Å². The summed E-state index contributed by atoms with van der Waals surface area (Å²) in [5, 5.41) is 5.69. The van der Waals surface area contributed by atoms with Crippen molar-refractivity contribution in [2.75, 3.05) is 26.2 Å². The molecule has 0 bridgehead atoms. The highest BCUT2D eigenvalue weighted by Gasteiger charge is 2.27. The van der Waals surface area contributed by atoms with E-state index < -0.39 is 0 Å². The molecule has 27 heavy (non-hydrogen) atoms. The molecule has 0 atom stereocenters. The summed E-state index contributed by atoms with van der Waals surface area (Å²) < 4.78 is 5.16. The Morgan fingerprint density at radius 2 is 2.04 bits per heavy atom. The Labute approximate surface area is 160 Å². The molecule has 0 unspecified atom stereocenters. The van der Waals surface area contributed by atoms with Crippen molar-refractivity contribution < 1.29 is 9.53 Å². The van der Waals surface area contributed by atoms with E-state index in [-0.39, 0.29) is 11.9 Å². The quantitative estimate of drug-likeness (QED) is 0.499. The summed E-state index contributed by atoms with van der Waals surface area (Å²) in [6.07, 6.45) is 3.44. The van der Waals surface area contributed by atoms with Crippen LogP contribution in [0.1, 0.15) is 32.4 Å². The summed E-state index contributed by atoms with van der Waals surface area (Å²) in [6.45, 7) is 7.31. The van der Waals surface area contributed by atoms with Crippen LogP contribution in [0.3, 0.4) is 0 Å². The lowest BCUT2D eigenvalue weighted by atomic mass is 9.97. The van der Waals surface area contributed by atoms with Crippen molar-refractivity contribution in [3.8, 4) is 0 Å². The van der Waals surface area contributed by atoms with Crippen molar-refractivity contribution in [3.05, 3.63) is 42.2 Å². The molecule has 1 saturated heterocycles. The first-order chi connectivity index (χ1) is 13.2. The van der Waals surface area contributed by atoms with Gasteiger partial charge in [0, 0.05) is 31.2 Å². The van der Waals surface area contributed by atoms with Crippen LogP contribution in [0.5, 0.6) is 0 Å². The molecule has 0 spiro atoms. The van der Waals surface area contributed by atoms with Crippen molar-refractivity contribution in [2.45, 2.75) is 33.2 Å². The predicted molar refractivity (Wildman–Crippen MR) is 107 cm³/mol. The normalized spacial score (nSPS) is 15.8. The number of hydrogen-bond acceptors (Lipinski definition) is 4. The minimum absolute atomic E-state index is 0.00353. The zero-order chi connectivity index (χ0) is 19.1. The molecule has 3 rings (SSSR count). The molecule has 1 aromatic carbocycles. The second kappa shape index (κ2) is 9.35. The molecule has 0 saturated carbocycles. The van der Waals surface area contributed by atoms with Crippen LogP contribution in [0.2, 0.25) is 0 Å². The molecule has 0 amide bonds. The molecular formula is C21H28N4O2. The number of fused-ring (bicyclic) bond motifs is 1. The van der Waals surface area contributed by atoms with Crippen LogP contribution < -0.4 is 5.32 Å². The SMILES string of the molecule is CCNC(=NCc1nccc2ccccc12)N1CCC(C(=O)OCC)CC1. The minimum atomic E-state index is -0.0703. The van der Waals surface area contributed by atoms with E-state index in [0.717, 1.165) is 49.5 Å². The first kappa shape index (κ1) is 19.1. The molecule has 144 valence electrons. The number of likely N-dealkylation sites (tertiary alicyclic amines) is 1. The maximum Gasteiger partial charge on any atom is 0.309 e.